The van der Waals surface area contributed by atoms with Gasteiger partial charge in [-0.3, -0.25) is 29.8 Å². The average Bonchev–Trinajstić information content (AvgIpc) is 3.16. The fraction of sp³-hybridized carbons (Fsp3) is 0.0556. The molecule has 4 rings (SSSR count). The van der Waals surface area contributed by atoms with E-state index in [0.29, 0.717) is 21.0 Å². The van der Waals surface area contributed by atoms with Gasteiger partial charge in [0.15, 0.2) is 5.13 Å². The van der Waals surface area contributed by atoms with Crippen LogP contribution < -0.4 is 4.90 Å². The molecule has 0 fully saturated rings. The number of hydrogen-bond donors (Lipinski definition) is 0. The number of pyridine rings is 1. The van der Waals surface area contributed by atoms with E-state index in [-0.39, 0.29) is 23.8 Å². The quantitative estimate of drug-likeness (QED) is 0.378. The van der Waals surface area contributed by atoms with E-state index in [1.807, 2.05) is 6.07 Å². The van der Waals surface area contributed by atoms with Crippen molar-refractivity contribution in [3.05, 3.63) is 82.7 Å². The number of benzene rings is 1. The molecule has 0 saturated carbocycles. The van der Waals surface area contributed by atoms with Crippen molar-refractivity contribution in [2.24, 2.45) is 0 Å². The Hall–Kier alpha value is -3.79. The SMILES string of the molecule is O=C(c1cnccn1)N(Cc1ccccn1)c1nc2ccc([N+](=O)[O-])cc2s1. The van der Waals surface area contributed by atoms with Crippen molar-refractivity contribution in [3.63, 3.8) is 0 Å². The maximum absolute atomic E-state index is 13.1. The predicted molar refractivity (Wildman–Crippen MR) is 103 cm³/mol. The smallest absolute Gasteiger partial charge is 0.276 e. The highest BCUT2D eigenvalue weighted by molar-refractivity contribution is 7.22. The molecule has 0 spiro atoms. The molecule has 138 valence electrons. The number of fused-ring (bicyclic) bond motifs is 1. The van der Waals surface area contributed by atoms with Crippen molar-refractivity contribution < 1.29 is 9.72 Å². The number of rotatable bonds is 5. The molecular formula is C18H12N6O3S. The number of thiazole rings is 1. The predicted octanol–water partition coefficient (Wildman–Crippen LogP) is 3.24. The van der Waals surface area contributed by atoms with Gasteiger partial charge in [0.05, 0.1) is 33.6 Å². The molecule has 1 aromatic carbocycles. The number of carbonyl (C=O) groups is 1. The molecule has 1 amide bonds. The molecule has 0 saturated heterocycles. The first-order valence-electron chi connectivity index (χ1n) is 8.14. The number of nitro groups is 1. The monoisotopic (exact) mass is 392 g/mol. The van der Waals surface area contributed by atoms with Crippen molar-refractivity contribution in [2.45, 2.75) is 6.54 Å². The van der Waals surface area contributed by atoms with E-state index in [1.54, 1.807) is 24.4 Å². The summed E-state index contributed by atoms with van der Waals surface area (Å²) in [4.78, 5) is 41.8. The van der Waals surface area contributed by atoms with Gasteiger partial charge in [-0.15, -0.1) is 0 Å². The molecule has 10 heteroatoms. The third-order valence-corrected chi connectivity index (χ3v) is 4.92. The minimum atomic E-state index is -0.463. The highest BCUT2D eigenvalue weighted by atomic mass is 32.1. The largest absolute Gasteiger partial charge is 0.280 e. The summed E-state index contributed by atoms with van der Waals surface area (Å²) < 4.78 is 0.613. The Bertz CT molecular complexity index is 1150. The zero-order valence-corrected chi connectivity index (χ0v) is 15.1. The zero-order chi connectivity index (χ0) is 19.5. The van der Waals surface area contributed by atoms with Crippen molar-refractivity contribution in [1.29, 1.82) is 0 Å². The lowest BCUT2D eigenvalue weighted by Gasteiger charge is -2.18. The van der Waals surface area contributed by atoms with Crippen molar-refractivity contribution in [1.82, 2.24) is 19.9 Å². The van der Waals surface area contributed by atoms with Gasteiger partial charge in [0.1, 0.15) is 5.69 Å². The van der Waals surface area contributed by atoms with Crippen LogP contribution in [0.1, 0.15) is 16.2 Å². The Labute approximate surface area is 162 Å². The third-order valence-electron chi connectivity index (χ3n) is 3.88. The van der Waals surface area contributed by atoms with E-state index < -0.39 is 4.92 Å². The molecule has 3 aromatic heterocycles. The number of nitro benzene ring substituents is 1. The van der Waals surface area contributed by atoms with Crippen LogP contribution in [0.4, 0.5) is 10.8 Å². The van der Waals surface area contributed by atoms with Crippen LogP contribution >= 0.6 is 11.3 Å². The molecule has 0 N–H and O–H groups in total. The van der Waals surface area contributed by atoms with E-state index in [4.69, 9.17) is 0 Å². The first-order chi connectivity index (χ1) is 13.6. The minimum absolute atomic E-state index is 0.0285. The van der Waals surface area contributed by atoms with Crippen LogP contribution in [0.3, 0.4) is 0 Å². The second kappa shape index (κ2) is 7.45. The first kappa shape index (κ1) is 17.6. The first-order valence-corrected chi connectivity index (χ1v) is 8.96. The Kier molecular flexibility index (Phi) is 4.68. The number of nitrogens with zero attached hydrogens (tertiary/aromatic N) is 6. The summed E-state index contributed by atoms with van der Waals surface area (Å²) in [5.74, 6) is -0.382. The van der Waals surface area contributed by atoms with Gasteiger partial charge in [0, 0.05) is 30.7 Å². The van der Waals surface area contributed by atoms with Crippen LogP contribution in [0.2, 0.25) is 0 Å². The number of non-ortho nitro benzene ring substituents is 1. The molecule has 0 bridgehead atoms. The fourth-order valence-corrected chi connectivity index (χ4v) is 3.55. The van der Waals surface area contributed by atoms with Gasteiger partial charge in [-0.2, -0.15) is 0 Å². The lowest BCUT2D eigenvalue weighted by Crippen LogP contribution is -2.31. The van der Waals surface area contributed by atoms with Crippen molar-refractivity contribution >= 4 is 38.3 Å². The average molecular weight is 392 g/mol. The Balaban J connectivity index is 1.77. The van der Waals surface area contributed by atoms with Crippen molar-refractivity contribution in [2.75, 3.05) is 4.90 Å². The molecule has 0 unspecified atom stereocenters. The van der Waals surface area contributed by atoms with Gasteiger partial charge < -0.3 is 0 Å². The van der Waals surface area contributed by atoms with E-state index in [2.05, 4.69) is 19.9 Å². The Morgan fingerprint density at radius 3 is 2.75 bits per heavy atom. The van der Waals surface area contributed by atoms with E-state index >= 15 is 0 Å². The standard InChI is InChI=1S/C18H12N6O3S/c25-17(15-10-19-7-8-21-15)23(11-12-3-1-2-6-20-12)18-22-14-5-4-13(24(26)27)9-16(14)28-18/h1-10H,11H2. The molecule has 3 heterocycles. The van der Waals surface area contributed by atoms with E-state index in [0.717, 1.165) is 0 Å². The second-order valence-electron chi connectivity index (χ2n) is 5.71. The summed E-state index contributed by atoms with van der Waals surface area (Å²) in [5, 5.41) is 11.4. The van der Waals surface area contributed by atoms with Crippen LogP contribution in [0.5, 0.6) is 0 Å². The number of aromatic nitrogens is 4. The van der Waals surface area contributed by atoms with Crippen LogP contribution in [0.15, 0.2) is 61.2 Å². The third kappa shape index (κ3) is 3.53. The number of carbonyl (C=O) groups excluding carboxylic acids is 1. The Morgan fingerprint density at radius 1 is 1.14 bits per heavy atom. The molecule has 0 atom stereocenters. The zero-order valence-electron chi connectivity index (χ0n) is 14.3. The van der Waals surface area contributed by atoms with Crippen LogP contribution in [0, 0.1) is 10.1 Å². The van der Waals surface area contributed by atoms with Crippen molar-refractivity contribution in [3.8, 4) is 0 Å². The molecule has 4 aromatic rings. The van der Waals surface area contributed by atoms with Gasteiger partial charge in [-0.05, 0) is 18.2 Å². The lowest BCUT2D eigenvalue weighted by atomic mass is 10.3. The van der Waals surface area contributed by atoms with Gasteiger partial charge in [0.2, 0.25) is 0 Å². The van der Waals surface area contributed by atoms with E-state index in [9.17, 15) is 14.9 Å². The summed E-state index contributed by atoms with van der Waals surface area (Å²) >= 11 is 1.19. The lowest BCUT2D eigenvalue weighted by molar-refractivity contribution is -0.384. The van der Waals surface area contributed by atoms with Crippen LogP contribution in [-0.4, -0.2) is 30.8 Å². The minimum Gasteiger partial charge on any atom is -0.276 e. The topological polar surface area (TPSA) is 115 Å². The highest BCUT2D eigenvalue weighted by Crippen LogP contribution is 2.32. The maximum Gasteiger partial charge on any atom is 0.280 e. The van der Waals surface area contributed by atoms with Crippen LogP contribution in [0.25, 0.3) is 10.2 Å². The molecule has 0 aliphatic rings. The molecule has 9 nitrogen and oxygen atoms in total. The molecule has 0 aliphatic carbocycles. The maximum atomic E-state index is 13.1. The van der Waals surface area contributed by atoms with Gasteiger partial charge in [-0.1, -0.05) is 17.4 Å². The van der Waals surface area contributed by atoms with Gasteiger partial charge >= 0.3 is 0 Å². The molecular weight excluding hydrogens is 380 g/mol. The summed E-state index contributed by atoms with van der Waals surface area (Å²) in [5.41, 5.74) is 1.39. The Morgan fingerprint density at radius 2 is 2.04 bits per heavy atom. The second-order valence-corrected chi connectivity index (χ2v) is 6.72. The summed E-state index contributed by atoms with van der Waals surface area (Å²) in [7, 11) is 0. The molecule has 28 heavy (non-hydrogen) atoms. The summed E-state index contributed by atoms with van der Waals surface area (Å²) in [6, 6.07) is 9.82. The highest BCUT2D eigenvalue weighted by Gasteiger charge is 2.24. The molecule has 0 aliphatic heterocycles. The summed E-state index contributed by atoms with van der Waals surface area (Å²) in [6.07, 6.45) is 5.94. The fourth-order valence-electron chi connectivity index (χ4n) is 2.56. The van der Waals surface area contributed by atoms with Gasteiger partial charge in [-0.25, -0.2) is 9.97 Å². The summed E-state index contributed by atoms with van der Waals surface area (Å²) in [6.45, 7) is 0.179. The normalized spacial score (nSPS) is 10.7. The van der Waals surface area contributed by atoms with Gasteiger partial charge in [0.25, 0.3) is 11.6 Å². The van der Waals surface area contributed by atoms with E-state index in [1.165, 1.54) is 47.0 Å². The van der Waals surface area contributed by atoms with Crippen LogP contribution in [-0.2, 0) is 6.54 Å². The molecule has 0 radical (unpaired) electrons. The number of hydrogen-bond acceptors (Lipinski definition) is 8. The number of amides is 1. The number of anilines is 1.